The van der Waals surface area contributed by atoms with Gasteiger partial charge in [-0.05, 0) is 0 Å². The van der Waals surface area contributed by atoms with Gasteiger partial charge >= 0.3 is 0 Å². The van der Waals surface area contributed by atoms with Gasteiger partial charge < -0.3 is 15.3 Å². The molecule has 60 valence electrons. The number of hydrogen-bond acceptors (Lipinski definition) is 5. The Morgan fingerprint density at radius 1 is 0.909 bits per heavy atom. The molecule has 0 bridgehead atoms. The second-order valence-corrected chi connectivity index (χ2v) is 2.86. The molecule has 0 aromatic heterocycles. The minimum atomic E-state index is -0.325. The van der Waals surface area contributed by atoms with Crippen LogP contribution in [-0.2, 0) is 0 Å². The largest absolute Gasteiger partial charge is 0.507 e. The minimum absolute atomic E-state index is 0.00722. The highest BCUT2D eigenvalue weighted by Gasteiger charge is 2.11. The highest BCUT2D eigenvalue weighted by atomic mass is 32.1. The van der Waals surface area contributed by atoms with Gasteiger partial charge in [-0.25, -0.2) is 0 Å². The van der Waals surface area contributed by atoms with Gasteiger partial charge in [0.05, 0.1) is 9.79 Å². The van der Waals surface area contributed by atoms with Crippen molar-refractivity contribution in [2.24, 2.45) is 0 Å². The van der Waals surface area contributed by atoms with Crippen LogP contribution in [0.5, 0.6) is 17.2 Å². The molecule has 3 nitrogen and oxygen atoms in total. The fourth-order valence-corrected chi connectivity index (χ4v) is 1.06. The zero-order chi connectivity index (χ0) is 8.59. The molecule has 1 rings (SSSR count). The lowest BCUT2D eigenvalue weighted by Crippen LogP contribution is -1.76. The SMILES string of the molecule is Oc1cc(O)c(S)c(O)c1S. The number of aromatic hydroxyl groups is 3. The molecule has 5 heteroatoms. The Morgan fingerprint density at radius 3 is 1.64 bits per heavy atom. The molecule has 0 radical (unpaired) electrons. The number of benzene rings is 1. The Labute approximate surface area is 74.1 Å². The van der Waals surface area contributed by atoms with Gasteiger partial charge in [0, 0.05) is 6.07 Å². The monoisotopic (exact) mass is 190 g/mol. The van der Waals surface area contributed by atoms with E-state index >= 15 is 0 Å². The molecule has 0 unspecified atom stereocenters. The van der Waals surface area contributed by atoms with E-state index in [1.165, 1.54) is 0 Å². The second-order valence-electron chi connectivity index (χ2n) is 1.96. The van der Waals surface area contributed by atoms with Crippen molar-refractivity contribution >= 4 is 25.3 Å². The maximum absolute atomic E-state index is 9.10. The summed E-state index contributed by atoms with van der Waals surface area (Å²) in [6.07, 6.45) is 0. The summed E-state index contributed by atoms with van der Waals surface area (Å²) in [5.74, 6) is -0.878. The number of phenolic OH excluding ortho intramolecular Hbond substituents is 3. The topological polar surface area (TPSA) is 60.7 Å². The van der Waals surface area contributed by atoms with Gasteiger partial charge in [0.1, 0.15) is 17.2 Å². The average molecular weight is 190 g/mol. The number of rotatable bonds is 0. The van der Waals surface area contributed by atoms with Crippen molar-refractivity contribution in [3.8, 4) is 17.2 Å². The molecule has 0 aliphatic heterocycles. The van der Waals surface area contributed by atoms with Crippen molar-refractivity contribution in [1.29, 1.82) is 0 Å². The first kappa shape index (κ1) is 8.42. The Morgan fingerprint density at radius 2 is 1.27 bits per heavy atom. The molecular formula is C6H6O3S2. The van der Waals surface area contributed by atoms with Crippen molar-refractivity contribution in [3.05, 3.63) is 6.07 Å². The maximum Gasteiger partial charge on any atom is 0.149 e. The molecule has 0 fully saturated rings. The Hall–Kier alpha value is -0.680. The highest BCUT2D eigenvalue weighted by molar-refractivity contribution is 7.81. The fraction of sp³-hybridized carbons (Fsp3) is 0. The van der Waals surface area contributed by atoms with Gasteiger partial charge in [0.25, 0.3) is 0 Å². The van der Waals surface area contributed by atoms with Crippen LogP contribution in [0.1, 0.15) is 0 Å². The lowest BCUT2D eigenvalue weighted by molar-refractivity contribution is 0.395. The summed E-state index contributed by atoms with van der Waals surface area (Å²) in [6, 6.07) is 1.06. The molecule has 0 saturated carbocycles. The number of phenols is 3. The lowest BCUT2D eigenvalue weighted by Gasteiger charge is -2.04. The lowest BCUT2D eigenvalue weighted by atomic mass is 10.3. The Bertz CT molecular complexity index is 272. The molecule has 1 aromatic rings. The smallest absolute Gasteiger partial charge is 0.149 e. The van der Waals surface area contributed by atoms with E-state index in [0.717, 1.165) is 6.07 Å². The first-order valence-electron chi connectivity index (χ1n) is 2.70. The molecule has 0 saturated heterocycles. The normalized spacial score (nSPS) is 10.0. The summed E-state index contributed by atoms with van der Waals surface area (Å²) in [6.45, 7) is 0. The van der Waals surface area contributed by atoms with E-state index in [9.17, 15) is 0 Å². The minimum Gasteiger partial charge on any atom is -0.507 e. The number of hydrogen-bond donors (Lipinski definition) is 5. The van der Waals surface area contributed by atoms with Gasteiger partial charge in [-0.2, -0.15) is 0 Å². The summed E-state index contributed by atoms with van der Waals surface area (Å²) in [5.41, 5.74) is 0. The fourth-order valence-electron chi connectivity index (χ4n) is 0.621. The molecule has 0 spiro atoms. The van der Waals surface area contributed by atoms with Gasteiger partial charge in [-0.15, -0.1) is 25.3 Å². The zero-order valence-electron chi connectivity index (χ0n) is 5.31. The van der Waals surface area contributed by atoms with Crippen LogP contribution >= 0.6 is 25.3 Å². The molecule has 0 aliphatic rings. The van der Waals surface area contributed by atoms with E-state index in [4.69, 9.17) is 15.3 Å². The van der Waals surface area contributed by atoms with E-state index in [1.54, 1.807) is 0 Å². The molecule has 0 amide bonds. The third kappa shape index (κ3) is 1.34. The highest BCUT2D eigenvalue weighted by Crippen LogP contribution is 2.41. The third-order valence-electron chi connectivity index (χ3n) is 1.21. The maximum atomic E-state index is 9.10. The summed E-state index contributed by atoms with van der Waals surface area (Å²) in [5, 5.41) is 27.0. The van der Waals surface area contributed by atoms with Crippen LogP contribution in [0.3, 0.4) is 0 Å². The predicted octanol–water partition coefficient (Wildman–Crippen LogP) is 1.38. The van der Waals surface area contributed by atoms with Crippen molar-refractivity contribution in [1.82, 2.24) is 0 Å². The molecule has 0 heterocycles. The van der Waals surface area contributed by atoms with Gasteiger partial charge in [-0.1, -0.05) is 0 Å². The van der Waals surface area contributed by atoms with Gasteiger partial charge in [0.15, 0.2) is 0 Å². The molecule has 1 aromatic carbocycles. The third-order valence-corrected chi connectivity index (χ3v) is 2.09. The predicted molar refractivity (Wildman–Crippen MR) is 45.9 cm³/mol. The van der Waals surface area contributed by atoms with Crippen molar-refractivity contribution in [2.75, 3.05) is 0 Å². The van der Waals surface area contributed by atoms with Crippen molar-refractivity contribution in [2.45, 2.75) is 9.79 Å². The van der Waals surface area contributed by atoms with Crippen LogP contribution in [0.15, 0.2) is 15.9 Å². The average Bonchev–Trinajstić information content (AvgIpc) is 1.97. The summed E-state index contributed by atoms with van der Waals surface area (Å²) >= 11 is 7.54. The second kappa shape index (κ2) is 2.75. The standard InChI is InChI=1S/C6H6O3S2/c7-2-1-3(8)6(11)4(9)5(2)10/h1,7-11H. The quantitative estimate of drug-likeness (QED) is 0.402. The van der Waals surface area contributed by atoms with E-state index in [-0.39, 0.29) is 27.0 Å². The Balaban J connectivity index is 3.46. The van der Waals surface area contributed by atoms with Crippen molar-refractivity contribution in [3.63, 3.8) is 0 Å². The van der Waals surface area contributed by atoms with E-state index in [2.05, 4.69) is 25.3 Å². The van der Waals surface area contributed by atoms with Crippen LogP contribution < -0.4 is 0 Å². The summed E-state index contributed by atoms with van der Waals surface area (Å²) in [7, 11) is 0. The van der Waals surface area contributed by atoms with E-state index in [0.29, 0.717) is 0 Å². The summed E-state index contributed by atoms with van der Waals surface area (Å²) in [4.78, 5) is 0.0144. The van der Waals surface area contributed by atoms with Crippen molar-refractivity contribution < 1.29 is 15.3 Å². The van der Waals surface area contributed by atoms with E-state index in [1.807, 2.05) is 0 Å². The molecule has 0 aliphatic carbocycles. The Kier molecular flexibility index (Phi) is 2.10. The molecule has 11 heavy (non-hydrogen) atoms. The van der Waals surface area contributed by atoms with Crippen LogP contribution in [0.2, 0.25) is 0 Å². The van der Waals surface area contributed by atoms with Crippen LogP contribution in [0.25, 0.3) is 0 Å². The first-order chi connectivity index (χ1) is 5.04. The van der Waals surface area contributed by atoms with Gasteiger partial charge in [0.2, 0.25) is 0 Å². The first-order valence-corrected chi connectivity index (χ1v) is 3.59. The van der Waals surface area contributed by atoms with Crippen LogP contribution in [0, 0.1) is 0 Å². The van der Waals surface area contributed by atoms with Gasteiger partial charge in [-0.3, -0.25) is 0 Å². The zero-order valence-corrected chi connectivity index (χ0v) is 7.10. The van der Waals surface area contributed by atoms with Crippen LogP contribution in [0.4, 0.5) is 0 Å². The van der Waals surface area contributed by atoms with Crippen LogP contribution in [-0.4, -0.2) is 15.3 Å². The molecule has 3 N–H and O–H groups in total. The van der Waals surface area contributed by atoms with E-state index < -0.39 is 0 Å². The molecular weight excluding hydrogens is 184 g/mol. The summed E-state index contributed by atoms with van der Waals surface area (Å²) < 4.78 is 0. The molecule has 0 atom stereocenters. The number of thiol groups is 2.